The van der Waals surface area contributed by atoms with E-state index >= 15 is 0 Å². The van der Waals surface area contributed by atoms with Gasteiger partial charge in [0.1, 0.15) is 23.6 Å². The summed E-state index contributed by atoms with van der Waals surface area (Å²) in [5.41, 5.74) is 2.82. The van der Waals surface area contributed by atoms with Gasteiger partial charge in [-0.15, -0.1) is 0 Å². The molecule has 0 aliphatic carbocycles. The molecule has 4 aromatic rings. The quantitative estimate of drug-likeness (QED) is 0.0568. The number of hydrogen-bond donors (Lipinski definition) is 1. The summed E-state index contributed by atoms with van der Waals surface area (Å²) in [6.07, 6.45) is 3.21. The first kappa shape index (κ1) is 54.4. The number of carbonyl (C=O) groups excluding carboxylic acids is 6. The average molecular weight is 904 g/mol. The number of benzene rings is 4. The fraction of sp³-hybridized carbons (Fsp3) is 0.464. The van der Waals surface area contributed by atoms with E-state index in [1.807, 2.05) is 156 Å². The lowest BCUT2D eigenvalue weighted by Crippen LogP contribution is -2.46. The molecule has 1 N–H and O–H groups in total. The van der Waals surface area contributed by atoms with E-state index in [2.05, 4.69) is 5.32 Å². The summed E-state index contributed by atoms with van der Waals surface area (Å²) in [6.45, 7) is 16.5. The lowest BCUT2D eigenvalue weighted by atomic mass is 9.89. The Morgan fingerprint density at radius 1 is 0.530 bits per heavy atom. The summed E-state index contributed by atoms with van der Waals surface area (Å²) in [6, 6.07) is 37.9. The third kappa shape index (κ3) is 22.8. The predicted molar refractivity (Wildman–Crippen MR) is 259 cm³/mol. The highest BCUT2D eigenvalue weighted by molar-refractivity contribution is 5.93. The standard InChI is InChI=1S/C39H49NO6.C17H24O3/c1-28(2)23-34(40-37(43)32(26-36(42)46-39(3,4)5)22-21-29-15-9-6-10-16-29)35(41)25-33(24-30-17-11-7-12-18-30)38(44)45-27-31-19-13-8-14-20-31;1-13(18)15(12-16(19)20-17(2,3)4)11-10-14-8-6-5-7-9-14/h6-20,28,32-34H,21-27H2,1-5H3,(H,40,43);5-9,15H,10-12H2,1-4H3/t32-,33-,34+;15-/m11/s1. The number of esters is 3. The first-order valence-corrected chi connectivity index (χ1v) is 23.3. The van der Waals surface area contributed by atoms with Crippen LogP contribution in [0.15, 0.2) is 121 Å². The molecule has 0 radical (unpaired) electrons. The minimum atomic E-state index is -0.814. The molecule has 0 aromatic heterocycles. The zero-order valence-corrected chi connectivity index (χ0v) is 40.7. The van der Waals surface area contributed by atoms with E-state index in [9.17, 15) is 28.8 Å². The zero-order chi connectivity index (χ0) is 48.7. The Hall–Kier alpha value is -5.90. The summed E-state index contributed by atoms with van der Waals surface area (Å²) in [5.74, 6) is -3.35. The van der Waals surface area contributed by atoms with E-state index in [1.165, 1.54) is 5.56 Å². The van der Waals surface area contributed by atoms with Crippen molar-refractivity contribution in [2.45, 2.75) is 144 Å². The Balaban J connectivity index is 0.000000482. The number of ketones is 2. The molecule has 4 atom stereocenters. The second-order valence-corrected chi connectivity index (χ2v) is 19.5. The molecule has 0 saturated heterocycles. The number of aryl methyl sites for hydroxylation is 2. The maximum atomic E-state index is 13.9. The van der Waals surface area contributed by atoms with Crippen molar-refractivity contribution in [1.29, 1.82) is 0 Å². The van der Waals surface area contributed by atoms with Crippen molar-refractivity contribution in [3.05, 3.63) is 144 Å². The smallest absolute Gasteiger partial charge is 0.310 e. The molecular formula is C56H73NO9. The summed E-state index contributed by atoms with van der Waals surface area (Å²) in [7, 11) is 0. The van der Waals surface area contributed by atoms with Crippen molar-refractivity contribution in [2.75, 3.05) is 0 Å². The fourth-order valence-corrected chi connectivity index (χ4v) is 7.32. The predicted octanol–water partition coefficient (Wildman–Crippen LogP) is 10.6. The fourth-order valence-electron chi connectivity index (χ4n) is 7.32. The molecule has 10 nitrogen and oxygen atoms in total. The van der Waals surface area contributed by atoms with Crippen molar-refractivity contribution in [3.63, 3.8) is 0 Å². The van der Waals surface area contributed by atoms with Crippen molar-refractivity contribution >= 4 is 35.4 Å². The number of rotatable bonds is 23. The summed E-state index contributed by atoms with van der Waals surface area (Å²) in [5, 5.41) is 2.97. The lowest BCUT2D eigenvalue weighted by molar-refractivity contribution is -0.158. The highest BCUT2D eigenvalue weighted by Gasteiger charge is 2.32. The van der Waals surface area contributed by atoms with Crippen LogP contribution in [0.4, 0.5) is 0 Å². The van der Waals surface area contributed by atoms with Gasteiger partial charge in [-0.2, -0.15) is 0 Å². The number of amides is 1. The van der Waals surface area contributed by atoms with Crippen molar-refractivity contribution < 1.29 is 43.0 Å². The largest absolute Gasteiger partial charge is 0.461 e. The SMILES string of the molecule is CC(=O)[C@H](CCc1ccccc1)CC(=O)OC(C)(C)C.CC(C)C[C@H](NC(=O)[C@H](CCc1ccccc1)CC(=O)OC(C)(C)C)C(=O)C[C@@H](Cc1ccccc1)C(=O)OCc1ccccc1. The van der Waals surface area contributed by atoms with Gasteiger partial charge in [-0.3, -0.25) is 28.8 Å². The van der Waals surface area contributed by atoms with Gasteiger partial charge in [-0.1, -0.05) is 135 Å². The third-order valence-electron chi connectivity index (χ3n) is 10.6. The number of carbonyl (C=O) groups is 6. The topological polar surface area (TPSA) is 142 Å². The van der Waals surface area contributed by atoms with Crippen LogP contribution in [0.2, 0.25) is 0 Å². The van der Waals surface area contributed by atoms with Gasteiger partial charge in [-0.25, -0.2) is 0 Å². The second kappa shape index (κ2) is 27.5. The first-order chi connectivity index (χ1) is 31.2. The van der Waals surface area contributed by atoms with Crippen LogP contribution in [0.1, 0.15) is 123 Å². The highest BCUT2D eigenvalue weighted by atomic mass is 16.6. The van der Waals surface area contributed by atoms with Gasteiger partial charge in [0, 0.05) is 18.3 Å². The monoisotopic (exact) mass is 904 g/mol. The van der Waals surface area contributed by atoms with Crippen LogP contribution in [-0.4, -0.2) is 52.6 Å². The Morgan fingerprint density at radius 3 is 1.36 bits per heavy atom. The molecule has 356 valence electrons. The molecule has 10 heteroatoms. The molecule has 0 bridgehead atoms. The Morgan fingerprint density at radius 2 is 0.939 bits per heavy atom. The average Bonchev–Trinajstić information content (AvgIpc) is 3.25. The van der Waals surface area contributed by atoms with Gasteiger partial charge in [0.2, 0.25) is 5.91 Å². The van der Waals surface area contributed by atoms with Gasteiger partial charge >= 0.3 is 17.9 Å². The molecule has 4 aromatic carbocycles. The minimum Gasteiger partial charge on any atom is -0.461 e. The second-order valence-electron chi connectivity index (χ2n) is 19.5. The van der Waals surface area contributed by atoms with Crippen LogP contribution in [0, 0.1) is 23.7 Å². The molecule has 4 rings (SSSR count). The van der Waals surface area contributed by atoms with Gasteiger partial charge in [0.15, 0.2) is 5.78 Å². The Bertz CT molecular complexity index is 2090. The van der Waals surface area contributed by atoms with Crippen molar-refractivity contribution in [3.8, 4) is 0 Å². The maximum Gasteiger partial charge on any atom is 0.310 e. The molecular weight excluding hydrogens is 831 g/mol. The first-order valence-electron chi connectivity index (χ1n) is 23.3. The molecule has 0 aliphatic heterocycles. The molecule has 66 heavy (non-hydrogen) atoms. The minimum absolute atomic E-state index is 0.0480. The molecule has 1 amide bonds. The number of ether oxygens (including phenoxy) is 3. The normalized spacial score (nSPS) is 13.2. The number of Topliss-reactive ketones (excluding diaryl/α,β-unsaturated/α-hetero) is 2. The lowest BCUT2D eigenvalue weighted by Gasteiger charge is -2.26. The van der Waals surface area contributed by atoms with Gasteiger partial charge in [-0.05, 0) is 115 Å². The molecule has 0 heterocycles. The zero-order valence-electron chi connectivity index (χ0n) is 40.7. The maximum absolute atomic E-state index is 13.9. The molecule has 0 unspecified atom stereocenters. The third-order valence-corrected chi connectivity index (χ3v) is 10.6. The van der Waals surface area contributed by atoms with E-state index < -0.39 is 41.0 Å². The van der Waals surface area contributed by atoms with E-state index in [-0.39, 0.29) is 61.1 Å². The van der Waals surface area contributed by atoms with Crippen LogP contribution < -0.4 is 5.32 Å². The molecule has 0 saturated carbocycles. The van der Waals surface area contributed by atoms with Gasteiger partial charge < -0.3 is 19.5 Å². The van der Waals surface area contributed by atoms with E-state index in [1.54, 1.807) is 27.7 Å². The van der Waals surface area contributed by atoms with Gasteiger partial charge in [0.05, 0.1) is 24.8 Å². The van der Waals surface area contributed by atoms with Crippen LogP contribution in [0.5, 0.6) is 0 Å². The van der Waals surface area contributed by atoms with Crippen LogP contribution >= 0.6 is 0 Å². The van der Waals surface area contributed by atoms with E-state index in [4.69, 9.17) is 14.2 Å². The molecule has 0 aliphatic rings. The molecule has 0 fully saturated rings. The molecule has 0 spiro atoms. The van der Waals surface area contributed by atoms with Crippen LogP contribution in [-0.2, 0) is 68.8 Å². The van der Waals surface area contributed by atoms with Crippen LogP contribution in [0.3, 0.4) is 0 Å². The summed E-state index contributed by atoms with van der Waals surface area (Å²) < 4.78 is 16.5. The summed E-state index contributed by atoms with van der Waals surface area (Å²) in [4.78, 5) is 77.3. The van der Waals surface area contributed by atoms with E-state index in [0.29, 0.717) is 32.1 Å². The Labute approximate surface area is 393 Å². The van der Waals surface area contributed by atoms with Crippen LogP contribution in [0.25, 0.3) is 0 Å². The highest BCUT2D eigenvalue weighted by Crippen LogP contribution is 2.23. The van der Waals surface area contributed by atoms with Gasteiger partial charge in [0.25, 0.3) is 0 Å². The summed E-state index contributed by atoms with van der Waals surface area (Å²) >= 11 is 0. The van der Waals surface area contributed by atoms with Crippen molar-refractivity contribution in [2.24, 2.45) is 23.7 Å². The Kier molecular flexibility index (Phi) is 22.7. The van der Waals surface area contributed by atoms with Crippen molar-refractivity contribution in [1.82, 2.24) is 5.32 Å². The van der Waals surface area contributed by atoms with E-state index in [0.717, 1.165) is 23.1 Å². The number of hydrogen-bond acceptors (Lipinski definition) is 9. The number of nitrogens with one attached hydrogen (secondary N) is 1.